The van der Waals surface area contributed by atoms with Gasteiger partial charge in [-0.1, -0.05) is 19.9 Å². The summed E-state index contributed by atoms with van der Waals surface area (Å²) in [6.07, 6.45) is 0. The van der Waals surface area contributed by atoms with E-state index < -0.39 is 0 Å². The molecule has 0 amide bonds. The maximum absolute atomic E-state index is 5.40. The highest BCUT2D eigenvalue weighted by molar-refractivity contribution is 9.10. The number of hydrogen-bond acceptors (Lipinski definition) is 3. The normalized spacial score (nSPS) is 10.9. The Labute approximate surface area is 114 Å². The first-order valence-electron chi connectivity index (χ1n) is 5.41. The quantitative estimate of drug-likeness (QED) is 0.819. The van der Waals surface area contributed by atoms with Gasteiger partial charge in [0.05, 0.1) is 12.7 Å². The summed E-state index contributed by atoms with van der Waals surface area (Å²) in [7, 11) is 1.69. The monoisotopic (exact) mass is 311 g/mol. The number of rotatable bonds is 3. The van der Waals surface area contributed by atoms with Crippen molar-refractivity contribution in [2.45, 2.75) is 19.8 Å². The maximum atomic E-state index is 5.40. The first kappa shape index (κ1) is 12.6. The van der Waals surface area contributed by atoms with Crippen LogP contribution in [-0.2, 0) is 0 Å². The minimum Gasteiger partial charge on any atom is -0.496 e. The zero-order valence-electron chi connectivity index (χ0n) is 10.0. The zero-order chi connectivity index (χ0) is 12.4. The van der Waals surface area contributed by atoms with Crippen molar-refractivity contribution in [1.29, 1.82) is 0 Å². The fourth-order valence-corrected chi connectivity index (χ4v) is 2.90. The Morgan fingerprint density at radius 2 is 2.12 bits per heavy atom. The van der Waals surface area contributed by atoms with Crippen LogP contribution in [0, 0.1) is 0 Å². The van der Waals surface area contributed by atoms with Gasteiger partial charge in [-0.25, -0.2) is 4.98 Å². The van der Waals surface area contributed by atoms with Crippen LogP contribution < -0.4 is 4.74 Å². The first-order valence-corrected chi connectivity index (χ1v) is 7.08. The molecule has 2 aromatic rings. The summed E-state index contributed by atoms with van der Waals surface area (Å²) < 4.78 is 6.27. The molecule has 1 aromatic carbocycles. The molecule has 0 saturated heterocycles. The van der Waals surface area contributed by atoms with Crippen molar-refractivity contribution in [2.75, 3.05) is 7.11 Å². The molecule has 0 radical (unpaired) electrons. The molecule has 4 heteroatoms. The van der Waals surface area contributed by atoms with Crippen molar-refractivity contribution in [1.82, 2.24) is 4.98 Å². The lowest BCUT2D eigenvalue weighted by Crippen LogP contribution is -1.92. The summed E-state index contributed by atoms with van der Waals surface area (Å²) in [6.45, 7) is 4.37. The summed E-state index contributed by atoms with van der Waals surface area (Å²) in [6, 6.07) is 6.28. The fraction of sp³-hybridized carbons (Fsp3) is 0.308. The molecule has 2 rings (SSSR count). The average molecular weight is 312 g/mol. The molecule has 0 aliphatic carbocycles. The van der Waals surface area contributed by atoms with Crippen molar-refractivity contribution in [3.05, 3.63) is 33.7 Å². The van der Waals surface area contributed by atoms with Gasteiger partial charge in [0.2, 0.25) is 0 Å². The first-order chi connectivity index (χ1) is 8.11. The van der Waals surface area contributed by atoms with Crippen molar-refractivity contribution >= 4 is 27.3 Å². The molecule has 0 saturated carbocycles. The second kappa shape index (κ2) is 5.19. The third-order valence-corrected chi connectivity index (χ3v) is 4.18. The lowest BCUT2D eigenvalue weighted by molar-refractivity contribution is 0.416. The average Bonchev–Trinajstić information content (AvgIpc) is 2.74. The van der Waals surface area contributed by atoms with Crippen molar-refractivity contribution in [2.24, 2.45) is 0 Å². The van der Waals surface area contributed by atoms with E-state index in [1.807, 2.05) is 11.4 Å². The van der Waals surface area contributed by atoms with E-state index in [1.54, 1.807) is 18.4 Å². The Bertz CT molecular complexity index is 522. The number of aromatic nitrogens is 1. The second-order valence-electron chi connectivity index (χ2n) is 4.09. The molecule has 0 N–H and O–H groups in total. The molecule has 1 heterocycles. The van der Waals surface area contributed by atoms with E-state index in [2.05, 4.69) is 46.9 Å². The number of methoxy groups -OCH3 is 1. The van der Waals surface area contributed by atoms with Crippen LogP contribution in [0.4, 0.5) is 0 Å². The van der Waals surface area contributed by atoms with Gasteiger partial charge in [0.15, 0.2) is 0 Å². The van der Waals surface area contributed by atoms with Gasteiger partial charge in [-0.15, -0.1) is 11.3 Å². The molecular formula is C13H14BrNOS. The van der Waals surface area contributed by atoms with Crippen LogP contribution in [0.1, 0.15) is 25.3 Å². The number of hydrogen-bond donors (Lipinski definition) is 0. The largest absolute Gasteiger partial charge is 0.496 e. The highest BCUT2D eigenvalue weighted by atomic mass is 79.9. The smallest absolute Gasteiger partial charge is 0.129 e. The van der Waals surface area contributed by atoms with Gasteiger partial charge in [0.1, 0.15) is 15.4 Å². The summed E-state index contributed by atoms with van der Waals surface area (Å²) in [4.78, 5) is 4.45. The van der Waals surface area contributed by atoms with Crippen LogP contribution in [0.15, 0.2) is 28.2 Å². The zero-order valence-corrected chi connectivity index (χ0v) is 12.4. The van der Waals surface area contributed by atoms with E-state index in [1.165, 1.54) is 5.56 Å². The van der Waals surface area contributed by atoms with E-state index in [9.17, 15) is 0 Å². The SMILES string of the molecule is COc1ccc(C(C)C)cc1-c1nc(Br)cs1. The minimum absolute atomic E-state index is 0.503. The standard InChI is InChI=1S/C13H14BrNOS/c1-8(2)9-4-5-11(16-3)10(6-9)13-15-12(14)7-17-13/h4-8H,1-3H3. The Morgan fingerprint density at radius 3 is 2.65 bits per heavy atom. The molecule has 0 fully saturated rings. The van der Waals surface area contributed by atoms with Gasteiger partial charge in [0.25, 0.3) is 0 Å². The highest BCUT2D eigenvalue weighted by Crippen LogP contribution is 2.35. The summed E-state index contributed by atoms with van der Waals surface area (Å²) >= 11 is 5.00. The van der Waals surface area contributed by atoms with Gasteiger partial charge in [-0.2, -0.15) is 0 Å². The van der Waals surface area contributed by atoms with Crippen LogP contribution in [0.3, 0.4) is 0 Å². The molecule has 1 aromatic heterocycles. The highest BCUT2D eigenvalue weighted by Gasteiger charge is 2.11. The lowest BCUT2D eigenvalue weighted by Gasteiger charge is -2.11. The molecule has 0 aliphatic heterocycles. The van der Waals surface area contributed by atoms with E-state index in [4.69, 9.17) is 4.74 Å². The topological polar surface area (TPSA) is 22.1 Å². The van der Waals surface area contributed by atoms with E-state index in [-0.39, 0.29) is 0 Å². The molecule has 0 spiro atoms. The van der Waals surface area contributed by atoms with E-state index in [0.29, 0.717) is 5.92 Å². The van der Waals surface area contributed by atoms with Crippen LogP contribution >= 0.6 is 27.3 Å². The molecule has 2 nitrogen and oxygen atoms in total. The summed E-state index contributed by atoms with van der Waals surface area (Å²) in [5, 5.41) is 2.97. The van der Waals surface area contributed by atoms with E-state index >= 15 is 0 Å². The van der Waals surface area contributed by atoms with Crippen LogP contribution in [0.25, 0.3) is 10.6 Å². The molecule has 0 aliphatic rings. The van der Waals surface area contributed by atoms with Gasteiger partial charge in [-0.05, 0) is 39.5 Å². The van der Waals surface area contributed by atoms with Gasteiger partial charge in [0, 0.05) is 5.38 Å². The predicted octanol–water partition coefficient (Wildman–Crippen LogP) is 4.70. The number of ether oxygens (including phenoxy) is 1. The number of benzene rings is 1. The Kier molecular flexibility index (Phi) is 3.84. The van der Waals surface area contributed by atoms with Crippen molar-refractivity contribution in [3.63, 3.8) is 0 Å². The predicted molar refractivity (Wildman–Crippen MR) is 75.9 cm³/mol. The minimum atomic E-state index is 0.503. The molecule has 0 atom stereocenters. The number of thiazole rings is 1. The Hall–Kier alpha value is -0.870. The number of halogens is 1. The Morgan fingerprint density at radius 1 is 1.35 bits per heavy atom. The van der Waals surface area contributed by atoms with E-state index in [0.717, 1.165) is 20.9 Å². The van der Waals surface area contributed by atoms with Crippen molar-refractivity contribution < 1.29 is 4.74 Å². The third kappa shape index (κ3) is 2.69. The lowest BCUT2D eigenvalue weighted by atomic mass is 10.0. The third-order valence-electron chi connectivity index (χ3n) is 2.60. The molecule has 0 unspecified atom stereocenters. The molecule has 90 valence electrons. The molecular weight excluding hydrogens is 298 g/mol. The van der Waals surface area contributed by atoms with Crippen LogP contribution in [0.2, 0.25) is 0 Å². The number of nitrogens with zero attached hydrogens (tertiary/aromatic N) is 1. The van der Waals surface area contributed by atoms with Crippen molar-refractivity contribution in [3.8, 4) is 16.3 Å². The van der Waals surface area contributed by atoms with Crippen LogP contribution in [-0.4, -0.2) is 12.1 Å². The van der Waals surface area contributed by atoms with Gasteiger partial charge < -0.3 is 4.74 Å². The summed E-state index contributed by atoms with van der Waals surface area (Å²) in [5.41, 5.74) is 2.36. The second-order valence-corrected chi connectivity index (χ2v) is 5.76. The van der Waals surface area contributed by atoms with Crippen LogP contribution in [0.5, 0.6) is 5.75 Å². The van der Waals surface area contributed by atoms with Gasteiger partial charge >= 0.3 is 0 Å². The van der Waals surface area contributed by atoms with Gasteiger partial charge in [-0.3, -0.25) is 0 Å². The maximum Gasteiger partial charge on any atom is 0.129 e. The fourth-order valence-electron chi connectivity index (χ4n) is 1.63. The summed E-state index contributed by atoms with van der Waals surface area (Å²) in [5.74, 6) is 1.37. The molecule has 0 bridgehead atoms. The molecule has 17 heavy (non-hydrogen) atoms. The Balaban J connectivity index is 2.53.